The number of rotatable bonds is 2. The second-order valence-electron chi connectivity index (χ2n) is 5.73. The molecular formula is C14H22FNO. The molecular weight excluding hydrogens is 217 g/mol. The number of hydrogen-bond donors (Lipinski definition) is 1. The molecule has 1 aliphatic carbocycles. The van der Waals surface area contributed by atoms with Crippen LogP contribution in [0.3, 0.4) is 0 Å². The molecule has 3 heteroatoms. The average Bonchev–Trinajstić information content (AvgIpc) is 2.33. The van der Waals surface area contributed by atoms with Crippen molar-refractivity contribution in [1.82, 2.24) is 4.90 Å². The monoisotopic (exact) mass is 239 g/mol. The number of aliphatic hydroxyl groups excluding tert-OH is 1. The Bertz CT molecular complexity index is 339. The minimum Gasteiger partial charge on any atom is -0.396 e. The van der Waals surface area contributed by atoms with Crippen LogP contribution in [0.15, 0.2) is 24.1 Å². The van der Waals surface area contributed by atoms with Gasteiger partial charge in [-0.2, -0.15) is 0 Å². The summed E-state index contributed by atoms with van der Waals surface area (Å²) in [5, 5.41) is 9.54. The SMILES string of the molecule is CN1CC[C@@H](C2(C)C=CC(F)=CC2)[C@H](CO)C1. The van der Waals surface area contributed by atoms with Crippen molar-refractivity contribution in [3.63, 3.8) is 0 Å². The predicted octanol–water partition coefficient (Wildman–Crippen LogP) is 2.37. The van der Waals surface area contributed by atoms with E-state index in [0.717, 1.165) is 25.9 Å². The number of nitrogens with zero attached hydrogens (tertiary/aromatic N) is 1. The summed E-state index contributed by atoms with van der Waals surface area (Å²) in [6, 6.07) is 0. The van der Waals surface area contributed by atoms with Gasteiger partial charge in [0.2, 0.25) is 0 Å². The molecule has 2 aliphatic rings. The summed E-state index contributed by atoms with van der Waals surface area (Å²) in [4.78, 5) is 2.27. The van der Waals surface area contributed by atoms with Crippen LogP contribution in [0, 0.1) is 17.3 Å². The predicted molar refractivity (Wildman–Crippen MR) is 67.2 cm³/mol. The van der Waals surface area contributed by atoms with Gasteiger partial charge >= 0.3 is 0 Å². The van der Waals surface area contributed by atoms with Gasteiger partial charge in [0.05, 0.1) is 0 Å². The molecule has 0 saturated carbocycles. The number of likely N-dealkylation sites (tertiary alicyclic amines) is 1. The first-order chi connectivity index (χ1) is 8.05. The molecule has 1 aliphatic heterocycles. The van der Waals surface area contributed by atoms with Gasteiger partial charge in [-0.1, -0.05) is 13.0 Å². The summed E-state index contributed by atoms with van der Waals surface area (Å²) in [5.41, 5.74) is 0.00421. The van der Waals surface area contributed by atoms with Crippen LogP contribution in [0.4, 0.5) is 4.39 Å². The van der Waals surface area contributed by atoms with E-state index in [1.54, 1.807) is 12.2 Å². The molecule has 17 heavy (non-hydrogen) atoms. The molecule has 0 radical (unpaired) electrons. The maximum absolute atomic E-state index is 13.1. The summed E-state index contributed by atoms with van der Waals surface area (Å²) in [5.74, 6) is 0.623. The van der Waals surface area contributed by atoms with E-state index >= 15 is 0 Å². The van der Waals surface area contributed by atoms with Crippen LogP contribution in [0.2, 0.25) is 0 Å². The highest BCUT2D eigenvalue weighted by atomic mass is 19.1. The van der Waals surface area contributed by atoms with Gasteiger partial charge < -0.3 is 10.0 Å². The average molecular weight is 239 g/mol. The molecule has 1 unspecified atom stereocenters. The van der Waals surface area contributed by atoms with Crippen molar-refractivity contribution < 1.29 is 9.50 Å². The van der Waals surface area contributed by atoms with Crippen molar-refractivity contribution in [1.29, 1.82) is 0 Å². The minimum absolute atomic E-state index is 0.00421. The van der Waals surface area contributed by atoms with E-state index in [9.17, 15) is 9.50 Å². The summed E-state index contributed by atoms with van der Waals surface area (Å²) >= 11 is 0. The van der Waals surface area contributed by atoms with Crippen LogP contribution in [0.25, 0.3) is 0 Å². The lowest BCUT2D eigenvalue weighted by Crippen LogP contribution is -2.45. The summed E-state index contributed by atoms with van der Waals surface area (Å²) in [6.07, 6.45) is 7.09. The summed E-state index contributed by atoms with van der Waals surface area (Å²) in [6.45, 7) is 4.42. The van der Waals surface area contributed by atoms with Crippen LogP contribution >= 0.6 is 0 Å². The number of piperidine rings is 1. The fraction of sp³-hybridized carbons (Fsp3) is 0.714. The van der Waals surface area contributed by atoms with Crippen LogP contribution in [-0.2, 0) is 0 Å². The lowest BCUT2D eigenvalue weighted by Gasteiger charge is -2.45. The smallest absolute Gasteiger partial charge is 0.118 e. The zero-order valence-electron chi connectivity index (χ0n) is 10.7. The Labute approximate surface area is 103 Å². The van der Waals surface area contributed by atoms with Gasteiger partial charge in [-0.25, -0.2) is 4.39 Å². The van der Waals surface area contributed by atoms with E-state index in [4.69, 9.17) is 0 Å². The maximum Gasteiger partial charge on any atom is 0.118 e. The van der Waals surface area contributed by atoms with E-state index in [2.05, 4.69) is 18.9 Å². The Morgan fingerprint density at radius 2 is 2.35 bits per heavy atom. The Morgan fingerprint density at radius 1 is 1.59 bits per heavy atom. The topological polar surface area (TPSA) is 23.5 Å². The number of halogens is 1. The van der Waals surface area contributed by atoms with Crippen LogP contribution in [-0.4, -0.2) is 36.8 Å². The Hall–Kier alpha value is -0.670. The quantitative estimate of drug-likeness (QED) is 0.799. The first-order valence-corrected chi connectivity index (χ1v) is 6.39. The van der Waals surface area contributed by atoms with E-state index in [1.807, 2.05) is 6.08 Å². The zero-order valence-corrected chi connectivity index (χ0v) is 10.7. The molecule has 1 fully saturated rings. The number of aliphatic hydroxyl groups is 1. The molecule has 0 aromatic rings. The van der Waals surface area contributed by atoms with E-state index < -0.39 is 0 Å². The second kappa shape index (κ2) is 4.91. The van der Waals surface area contributed by atoms with E-state index in [1.165, 1.54) is 0 Å². The molecule has 1 saturated heterocycles. The van der Waals surface area contributed by atoms with E-state index in [-0.39, 0.29) is 17.8 Å². The van der Waals surface area contributed by atoms with Crippen molar-refractivity contribution in [2.75, 3.05) is 26.7 Å². The zero-order chi connectivity index (χ0) is 12.5. The third-order valence-electron chi connectivity index (χ3n) is 4.38. The molecule has 3 atom stereocenters. The normalized spacial score (nSPS) is 39.2. The third-order valence-corrected chi connectivity index (χ3v) is 4.38. The molecule has 1 heterocycles. The van der Waals surface area contributed by atoms with Crippen molar-refractivity contribution >= 4 is 0 Å². The van der Waals surface area contributed by atoms with Crippen LogP contribution in [0.5, 0.6) is 0 Å². The first kappa shape index (κ1) is 12.8. The lowest BCUT2D eigenvalue weighted by atomic mass is 9.65. The molecule has 2 nitrogen and oxygen atoms in total. The van der Waals surface area contributed by atoms with Crippen LogP contribution in [0.1, 0.15) is 19.8 Å². The molecule has 2 rings (SSSR count). The third kappa shape index (κ3) is 2.61. The van der Waals surface area contributed by atoms with Gasteiger partial charge in [0.25, 0.3) is 0 Å². The molecule has 0 bridgehead atoms. The maximum atomic E-state index is 13.1. The van der Waals surface area contributed by atoms with Crippen molar-refractivity contribution in [2.24, 2.45) is 17.3 Å². The molecule has 1 N–H and O–H groups in total. The molecule has 96 valence electrons. The number of hydrogen-bond acceptors (Lipinski definition) is 2. The van der Waals surface area contributed by atoms with Gasteiger partial charge in [0.15, 0.2) is 0 Å². The van der Waals surface area contributed by atoms with Gasteiger partial charge in [-0.15, -0.1) is 0 Å². The van der Waals surface area contributed by atoms with Crippen molar-refractivity contribution in [3.05, 3.63) is 24.1 Å². The Morgan fingerprint density at radius 3 is 2.94 bits per heavy atom. The highest BCUT2D eigenvalue weighted by Crippen LogP contribution is 2.44. The number of allylic oxidation sites excluding steroid dienone is 4. The van der Waals surface area contributed by atoms with Gasteiger partial charge in [-0.3, -0.25) is 0 Å². The second-order valence-corrected chi connectivity index (χ2v) is 5.73. The van der Waals surface area contributed by atoms with Gasteiger partial charge in [0, 0.05) is 13.2 Å². The van der Waals surface area contributed by atoms with Crippen molar-refractivity contribution in [2.45, 2.75) is 19.8 Å². The van der Waals surface area contributed by atoms with Crippen LogP contribution < -0.4 is 0 Å². The highest BCUT2D eigenvalue weighted by molar-refractivity contribution is 5.22. The molecule has 0 aromatic carbocycles. The molecule has 0 spiro atoms. The fourth-order valence-corrected chi connectivity index (χ4v) is 3.27. The van der Waals surface area contributed by atoms with Gasteiger partial charge in [0.1, 0.15) is 5.83 Å². The summed E-state index contributed by atoms with van der Waals surface area (Å²) < 4.78 is 13.1. The minimum atomic E-state index is -0.129. The largest absolute Gasteiger partial charge is 0.396 e. The summed E-state index contributed by atoms with van der Waals surface area (Å²) in [7, 11) is 2.09. The Balaban J connectivity index is 2.13. The van der Waals surface area contributed by atoms with Gasteiger partial charge in [-0.05, 0) is 55.8 Å². The standard InChI is InChI=1S/C14H22FNO/c1-14(6-3-12(15)4-7-14)13-5-8-16(2)9-11(13)10-17/h3-4,6,11,13,17H,5,7-10H2,1-2H3/t11-,13+,14?/m0/s1. The fourth-order valence-electron chi connectivity index (χ4n) is 3.27. The van der Waals surface area contributed by atoms with Crippen molar-refractivity contribution in [3.8, 4) is 0 Å². The Kier molecular flexibility index (Phi) is 3.69. The molecule has 0 aromatic heterocycles. The lowest BCUT2D eigenvalue weighted by molar-refractivity contribution is 0.0329. The highest BCUT2D eigenvalue weighted by Gasteiger charge is 2.39. The first-order valence-electron chi connectivity index (χ1n) is 6.39. The van der Waals surface area contributed by atoms with E-state index in [0.29, 0.717) is 11.8 Å². The molecule has 0 amide bonds.